The van der Waals surface area contributed by atoms with Crippen molar-refractivity contribution in [1.29, 1.82) is 0 Å². The Morgan fingerprint density at radius 2 is 2.12 bits per heavy atom. The van der Waals surface area contributed by atoms with Crippen LogP contribution in [0.25, 0.3) is 0 Å². The second kappa shape index (κ2) is 5.61. The van der Waals surface area contributed by atoms with Crippen LogP contribution in [0.2, 0.25) is 0 Å². The van der Waals surface area contributed by atoms with Crippen molar-refractivity contribution in [2.24, 2.45) is 0 Å². The fourth-order valence-corrected chi connectivity index (χ4v) is 3.66. The highest BCUT2D eigenvalue weighted by Gasteiger charge is 2.52. The van der Waals surface area contributed by atoms with Gasteiger partial charge in [-0.05, 0) is 31.0 Å². The molecule has 1 fully saturated rings. The van der Waals surface area contributed by atoms with Crippen LogP contribution < -0.4 is 10.6 Å². The number of ether oxygens (including phenoxy) is 2. The molecular weight excluding hydrogens is 308 g/mol. The zero-order valence-electron chi connectivity index (χ0n) is 13.6. The number of anilines is 1. The Morgan fingerprint density at radius 3 is 2.79 bits per heavy atom. The number of rotatable bonds is 5. The number of carbonyl (C=O) groups excluding carboxylic acids is 1. The average Bonchev–Trinajstić information content (AvgIpc) is 3.09. The number of aromatic amines is 1. The van der Waals surface area contributed by atoms with Crippen molar-refractivity contribution < 1.29 is 14.3 Å². The van der Waals surface area contributed by atoms with Crippen molar-refractivity contribution in [2.75, 3.05) is 19.5 Å². The summed E-state index contributed by atoms with van der Waals surface area (Å²) in [6, 6.07) is 7.80. The predicted molar refractivity (Wildman–Crippen MR) is 87.6 cm³/mol. The van der Waals surface area contributed by atoms with Crippen LogP contribution in [-0.2, 0) is 15.0 Å². The molecule has 24 heavy (non-hydrogen) atoms. The molecule has 4 heterocycles. The van der Waals surface area contributed by atoms with Gasteiger partial charge in [0, 0.05) is 32.0 Å². The van der Waals surface area contributed by atoms with E-state index in [9.17, 15) is 4.79 Å². The van der Waals surface area contributed by atoms with Gasteiger partial charge in [0.05, 0.1) is 11.2 Å². The van der Waals surface area contributed by atoms with Gasteiger partial charge >= 0.3 is 0 Å². The van der Waals surface area contributed by atoms with Crippen molar-refractivity contribution in [3.05, 3.63) is 47.4 Å². The van der Waals surface area contributed by atoms with Crippen LogP contribution in [-0.4, -0.2) is 36.1 Å². The lowest BCUT2D eigenvalue weighted by Gasteiger charge is -2.53. The topological polar surface area (TPSA) is 88.3 Å². The normalized spacial score (nSPS) is 24.0. The summed E-state index contributed by atoms with van der Waals surface area (Å²) in [7, 11) is 3.16. The molecule has 0 saturated heterocycles. The van der Waals surface area contributed by atoms with Crippen LogP contribution in [0.15, 0.2) is 30.5 Å². The molecule has 7 nitrogen and oxygen atoms in total. The van der Waals surface area contributed by atoms with E-state index in [0.29, 0.717) is 17.4 Å². The Kier molecular flexibility index (Phi) is 3.54. The molecule has 126 valence electrons. The van der Waals surface area contributed by atoms with Gasteiger partial charge in [0.1, 0.15) is 11.5 Å². The number of hydrogen-bond donors (Lipinski definition) is 3. The zero-order valence-corrected chi connectivity index (χ0v) is 13.6. The minimum atomic E-state index is -0.500. The molecule has 0 aromatic carbocycles. The highest BCUT2D eigenvalue weighted by molar-refractivity contribution is 5.93. The average molecular weight is 328 g/mol. The van der Waals surface area contributed by atoms with Gasteiger partial charge < -0.3 is 25.1 Å². The number of amides is 1. The lowest BCUT2D eigenvalue weighted by molar-refractivity contribution is -0.108. The number of methoxy groups -OCH3 is 2. The van der Waals surface area contributed by atoms with Gasteiger partial charge in [0.25, 0.3) is 5.91 Å². The summed E-state index contributed by atoms with van der Waals surface area (Å²) in [6.45, 7) is 0. The van der Waals surface area contributed by atoms with Crippen molar-refractivity contribution >= 4 is 11.7 Å². The van der Waals surface area contributed by atoms with Crippen molar-refractivity contribution in [3.63, 3.8) is 0 Å². The smallest absolute Gasteiger partial charge is 0.268 e. The molecule has 1 aliphatic carbocycles. The predicted octanol–water partition coefficient (Wildman–Crippen LogP) is 1.91. The Morgan fingerprint density at radius 1 is 1.33 bits per heavy atom. The van der Waals surface area contributed by atoms with E-state index < -0.39 is 6.29 Å². The second-order valence-corrected chi connectivity index (χ2v) is 6.31. The maximum Gasteiger partial charge on any atom is 0.268 e. The van der Waals surface area contributed by atoms with Crippen LogP contribution in [0, 0.1) is 0 Å². The minimum Gasteiger partial charge on any atom is -0.367 e. The summed E-state index contributed by atoms with van der Waals surface area (Å²) >= 11 is 0. The monoisotopic (exact) mass is 328 g/mol. The summed E-state index contributed by atoms with van der Waals surface area (Å²) in [6.07, 6.45) is 2.98. The number of pyridine rings is 1. The van der Waals surface area contributed by atoms with E-state index in [4.69, 9.17) is 9.47 Å². The van der Waals surface area contributed by atoms with Gasteiger partial charge in [0.15, 0.2) is 0 Å². The first kappa shape index (κ1) is 15.2. The molecule has 5 rings (SSSR count). The number of H-pyrrole nitrogens is 1. The van der Waals surface area contributed by atoms with Gasteiger partial charge in [-0.25, -0.2) is 4.98 Å². The molecule has 0 spiro atoms. The van der Waals surface area contributed by atoms with E-state index in [2.05, 4.69) is 20.6 Å². The third-order valence-electron chi connectivity index (χ3n) is 4.83. The standard InChI is InChI=1S/C17H20N4O3/c1-23-16(24-2)13-6-5-11-14(20-13)19-10-8-17(11,9-10)21-15(22)12-4-3-7-18-12/h3-7,10,16,18H,8-9H2,1-2H3,(H,19,20)(H,21,22). The van der Waals surface area contributed by atoms with Gasteiger partial charge in [0.2, 0.25) is 6.29 Å². The zero-order chi connectivity index (χ0) is 16.7. The van der Waals surface area contributed by atoms with Crippen LogP contribution in [0.1, 0.15) is 40.9 Å². The van der Waals surface area contributed by atoms with Gasteiger partial charge in [-0.1, -0.05) is 6.07 Å². The number of nitrogens with zero attached hydrogens (tertiary/aromatic N) is 1. The Hall–Kier alpha value is -2.38. The number of aromatic nitrogens is 2. The number of carbonyl (C=O) groups is 1. The fraction of sp³-hybridized carbons (Fsp3) is 0.412. The van der Waals surface area contributed by atoms with E-state index in [-0.39, 0.29) is 11.4 Å². The minimum absolute atomic E-state index is 0.0953. The van der Waals surface area contributed by atoms with E-state index in [1.807, 2.05) is 18.2 Å². The summed E-state index contributed by atoms with van der Waals surface area (Å²) in [5, 5.41) is 6.60. The molecule has 0 radical (unpaired) electrons. The SMILES string of the molecule is COC(OC)c1ccc2c(n1)NC1CC2(NC(=O)c2ccc[nH]2)C1. The van der Waals surface area contributed by atoms with E-state index in [1.165, 1.54) is 0 Å². The lowest BCUT2D eigenvalue weighted by atomic mass is 9.65. The van der Waals surface area contributed by atoms with Crippen LogP contribution >= 0.6 is 0 Å². The molecule has 3 N–H and O–H groups in total. The maximum atomic E-state index is 12.5. The van der Waals surface area contributed by atoms with Crippen molar-refractivity contribution in [2.45, 2.75) is 30.7 Å². The molecule has 2 aliphatic heterocycles. The van der Waals surface area contributed by atoms with Gasteiger partial charge in [-0.2, -0.15) is 0 Å². The van der Waals surface area contributed by atoms with Gasteiger partial charge in [-0.3, -0.25) is 4.79 Å². The van der Waals surface area contributed by atoms with Crippen LogP contribution in [0.3, 0.4) is 0 Å². The first-order valence-corrected chi connectivity index (χ1v) is 7.94. The number of nitrogens with one attached hydrogen (secondary N) is 3. The third-order valence-corrected chi connectivity index (χ3v) is 4.83. The van der Waals surface area contributed by atoms with Gasteiger partial charge in [-0.15, -0.1) is 0 Å². The Balaban J connectivity index is 1.63. The molecule has 1 amide bonds. The summed E-state index contributed by atoms with van der Waals surface area (Å²) in [5.74, 6) is 0.697. The molecule has 2 aromatic heterocycles. The van der Waals surface area contributed by atoms with Crippen LogP contribution in [0.4, 0.5) is 5.82 Å². The molecule has 3 aliphatic rings. The molecule has 0 unspecified atom stereocenters. The molecule has 2 aromatic rings. The molecule has 7 heteroatoms. The summed E-state index contributed by atoms with van der Waals surface area (Å²) in [4.78, 5) is 20.0. The van der Waals surface area contributed by atoms with E-state index >= 15 is 0 Å². The first-order chi connectivity index (χ1) is 11.6. The first-order valence-electron chi connectivity index (χ1n) is 7.94. The summed E-state index contributed by atoms with van der Waals surface area (Å²) < 4.78 is 10.5. The van der Waals surface area contributed by atoms with E-state index in [1.54, 1.807) is 26.5 Å². The lowest BCUT2D eigenvalue weighted by Crippen LogP contribution is -2.62. The largest absolute Gasteiger partial charge is 0.367 e. The molecule has 1 saturated carbocycles. The van der Waals surface area contributed by atoms with Crippen LogP contribution in [0.5, 0.6) is 0 Å². The maximum absolute atomic E-state index is 12.5. The highest BCUT2D eigenvalue weighted by atomic mass is 16.7. The second-order valence-electron chi connectivity index (χ2n) is 6.31. The fourth-order valence-electron chi connectivity index (χ4n) is 3.66. The van der Waals surface area contributed by atoms with Crippen molar-refractivity contribution in [3.8, 4) is 0 Å². The van der Waals surface area contributed by atoms with Crippen molar-refractivity contribution in [1.82, 2.24) is 15.3 Å². The van der Waals surface area contributed by atoms with E-state index in [0.717, 1.165) is 24.2 Å². The molecule has 2 bridgehead atoms. The number of hydrogen-bond acceptors (Lipinski definition) is 5. The Labute approximate surface area is 139 Å². The third kappa shape index (κ3) is 2.28. The molecule has 0 atom stereocenters. The highest BCUT2D eigenvalue weighted by Crippen LogP contribution is 2.50. The quantitative estimate of drug-likeness (QED) is 0.730. The molecular formula is C17H20N4O3. The Bertz CT molecular complexity index is 749. The summed E-state index contributed by atoms with van der Waals surface area (Å²) in [5.41, 5.74) is 1.93.